The first-order valence-corrected chi connectivity index (χ1v) is 25.0. The van der Waals surface area contributed by atoms with Gasteiger partial charge >= 0.3 is 0 Å². The van der Waals surface area contributed by atoms with Crippen molar-refractivity contribution in [3.63, 3.8) is 0 Å². The molecule has 0 aliphatic heterocycles. The van der Waals surface area contributed by atoms with Gasteiger partial charge in [0.15, 0.2) is 86.2 Å². The molecule has 0 saturated carbocycles. The quantitative estimate of drug-likeness (QED) is 0.0159. The van der Waals surface area contributed by atoms with Crippen LogP contribution in [0.4, 0.5) is 87.8 Å². The summed E-state index contributed by atoms with van der Waals surface area (Å²) in [7, 11) is -0.432. The first-order chi connectivity index (χ1) is 39.0. The molecule has 28 heteroatoms. The van der Waals surface area contributed by atoms with Crippen LogP contribution in [0, 0.1) is 116 Å². The number of benzene rings is 7. The molecule has 0 atom stereocenters. The predicted molar refractivity (Wildman–Crippen MR) is 256 cm³/mol. The molecule has 0 unspecified atom stereocenters. The second kappa shape index (κ2) is 28.3. The molecule has 0 heterocycles. The summed E-state index contributed by atoms with van der Waals surface area (Å²) in [6.07, 6.45) is -7.22. The molecule has 0 spiro atoms. The summed E-state index contributed by atoms with van der Waals surface area (Å²) in [5, 5.41) is 0. The lowest BCUT2D eigenvalue weighted by molar-refractivity contribution is 0.0400. The van der Waals surface area contributed by atoms with Gasteiger partial charge in [0, 0.05) is 13.2 Å². The predicted octanol–water partition coefficient (Wildman–Crippen LogP) is 11.5. The third kappa shape index (κ3) is 12.6. The van der Waals surface area contributed by atoms with Gasteiger partial charge in [0.05, 0.1) is 39.6 Å². The van der Waals surface area contributed by atoms with E-state index in [4.69, 9.17) is 28.4 Å². The van der Waals surface area contributed by atoms with Crippen LogP contribution in [-0.4, -0.2) is 72.2 Å². The maximum Gasteiger partial charge on any atom is 0.208 e. The molecule has 6 nitrogen and oxygen atoms in total. The summed E-state index contributed by atoms with van der Waals surface area (Å²) in [5.41, 5.74) is -14.3. The topological polar surface area (TPSA) is 55.4 Å². The highest BCUT2D eigenvalue weighted by molar-refractivity contribution is 7.97. The third-order valence-electron chi connectivity index (χ3n) is 11.9. The molecule has 7 aromatic carbocycles. The van der Waals surface area contributed by atoms with Gasteiger partial charge in [-0.25, -0.2) is 87.8 Å². The van der Waals surface area contributed by atoms with Gasteiger partial charge in [0.25, 0.3) is 0 Å². The molecule has 7 aromatic rings. The van der Waals surface area contributed by atoms with Crippen LogP contribution >= 0.6 is 0 Å². The highest BCUT2D eigenvalue weighted by Gasteiger charge is 2.52. The van der Waals surface area contributed by atoms with Crippen molar-refractivity contribution in [2.24, 2.45) is 0 Å². The Balaban J connectivity index is 0.000000269. The first kappa shape index (κ1) is 64.2. The lowest BCUT2D eigenvalue weighted by atomic mass is 9.12. The van der Waals surface area contributed by atoms with Crippen LogP contribution in [-0.2, 0) is 29.8 Å². The second-order valence-electron chi connectivity index (χ2n) is 16.6. The molecule has 0 aromatic heterocycles. The molecule has 82 heavy (non-hydrogen) atoms. The van der Waals surface area contributed by atoms with Gasteiger partial charge in [-0.15, -0.1) is 21.9 Å². The zero-order chi connectivity index (χ0) is 60.3. The number of hydrogen-bond acceptors (Lipinski definition) is 6. The second-order valence-corrected chi connectivity index (χ2v) is 18.6. The average molecular weight is 1210 g/mol. The summed E-state index contributed by atoms with van der Waals surface area (Å²) >= 11 is 0. The summed E-state index contributed by atoms with van der Waals surface area (Å²) in [5.74, 6) is -69.7. The van der Waals surface area contributed by atoms with E-state index in [1.54, 1.807) is 0 Å². The summed E-state index contributed by atoms with van der Waals surface area (Å²) in [6, 6.07) is 26.9. The van der Waals surface area contributed by atoms with Crippen LogP contribution < -0.4 is 31.3 Å². The fourth-order valence-electron chi connectivity index (χ4n) is 8.43. The Kier molecular flexibility index (Phi) is 22.2. The SMILES string of the molecule is CCOCCOCCOc1ccccc1[S+](c1ccccc1)c1ccccc1OCCOCCOCC.Fc1c(F)c(F)c([B-](c2c(F)c(F)c(F)c(F)c2F)(c2c(F)c(F)c(F)c(F)c2F)c2c(F)c(F)c(F)c(F)c2F)c(F)c1F. The fourth-order valence-corrected chi connectivity index (χ4v) is 10.7. The van der Waals surface area contributed by atoms with E-state index in [2.05, 4.69) is 48.5 Å². The zero-order valence-electron chi connectivity index (χ0n) is 42.1. The molecule has 0 saturated heterocycles. The molecular weight excluding hydrogens is 1170 g/mol. The van der Waals surface area contributed by atoms with Crippen LogP contribution in [0.2, 0.25) is 0 Å². The Bertz CT molecular complexity index is 2960. The van der Waals surface area contributed by atoms with E-state index in [0.717, 1.165) is 21.3 Å². The summed E-state index contributed by atoms with van der Waals surface area (Å²) in [6.45, 7) is 9.60. The Morgan fingerprint density at radius 2 is 0.512 bits per heavy atom. The molecular formula is C54H39BF20O6S. The van der Waals surface area contributed by atoms with E-state index in [1.807, 2.05) is 44.2 Å². The van der Waals surface area contributed by atoms with Crippen molar-refractivity contribution in [2.45, 2.75) is 28.5 Å². The van der Waals surface area contributed by atoms with Crippen molar-refractivity contribution < 1.29 is 116 Å². The third-order valence-corrected chi connectivity index (χ3v) is 14.2. The standard InChI is InChI=1S/C30H39O6S.C24BF20/c1-3-31-18-20-33-22-24-35-27-14-8-10-16-29(27)37(26-12-6-5-7-13-26)30-17-11-9-15-28(30)36-25-23-34-21-19-32-4-2;26-5-1(6(27)14(35)21(42)13(5)34)25(2-7(28)15(36)22(43)16(37)8(2)29,3-9(30)17(38)23(44)18(39)10(3)31)4-11(32)19(40)24(45)20(41)12(4)33/h5-17H,3-4,18-25H2,1-2H3;/q+1;-1. The smallest absolute Gasteiger partial charge is 0.208 e. The Labute approximate surface area is 455 Å². The Hall–Kier alpha value is -7.01. The molecule has 0 bridgehead atoms. The van der Waals surface area contributed by atoms with Crippen molar-refractivity contribution in [3.05, 3.63) is 195 Å². The zero-order valence-corrected chi connectivity index (χ0v) is 42.9. The highest BCUT2D eigenvalue weighted by atomic mass is 32.2. The van der Waals surface area contributed by atoms with Crippen molar-refractivity contribution in [1.82, 2.24) is 0 Å². The van der Waals surface area contributed by atoms with Crippen LogP contribution in [0.25, 0.3) is 0 Å². The fraction of sp³-hybridized carbons (Fsp3) is 0.222. The maximum absolute atomic E-state index is 15.4. The van der Waals surface area contributed by atoms with Crippen molar-refractivity contribution in [3.8, 4) is 11.5 Å². The van der Waals surface area contributed by atoms with Crippen LogP contribution in [0.15, 0.2) is 93.5 Å². The Morgan fingerprint density at radius 3 is 0.793 bits per heavy atom. The van der Waals surface area contributed by atoms with Gasteiger partial charge in [-0.05, 0) is 50.2 Å². The molecule has 440 valence electrons. The first-order valence-electron chi connectivity index (χ1n) is 23.8. The molecule has 7 rings (SSSR count). The lowest BCUT2D eigenvalue weighted by Gasteiger charge is -2.44. The summed E-state index contributed by atoms with van der Waals surface area (Å²) < 4.78 is 328. The van der Waals surface area contributed by atoms with Gasteiger partial charge in [-0.3, -0.25) is 0 Å². The number of ether oxygens (including phenoxy) is 6. The van der Waals surface area contributed by atoms with Crippen LogP contribution in [0.3, 0.4) is 0 Å². The van der Waals surface area contributed by atoms with Gasteiger partial charge in [0.2, 0.25) is 9.79 Å². The van der Waals surface area contributed by atoms with Crippen LogP contribution in [0.1, 0.15) is 13.8 Å². The minimum atomic E-state index is -7.22. The number of halogens is 20. The number of rotatable bonds is 23. The van der Waals surface area contributed by atoms with Gasteiger partial charge in [-0.2, -0.15) is 0 Å². The highest BCUT2D eigenvalue weighted by Crippen LogP contribution is 2.41. The largest absolute Gasteiger partial charge is 0.486 e. The number of hydrogen-bond donors (Lipinski definition) is 0. The maximum atomic E-state index is 15.4. The van der Waals surface area contributed by atoms with E-state index >= 15 is 35.1 Å². The van der Waals surface area contributed by atoms with E-state index in [0.29, 0.717) is 66.1 Å². The molecule has 0 amide bonds. The average Bonchev–Trinajstić information content (AvgIpc) is 1.71. The van der Waals surface area contributed by atoms with E-state index < -0.39 is 155 Å². The lowest BCUT2D eigenvalue weighted by Crippen LogP contribution is -2.81. The molecule has 0 radical (unpaired) electrons. The van der Waals surface area contributed by atoms with Gasteiger partial charge in [0.1, 0.15) is 76.8 Å². The van der Waals surface area contributed by atoms with Gasteiger partial charge < -0.3 is 28.4 Å². The monoisotopic (exact) mass is 1210 g/mol. The minimum Gasteiger partial charge on any atom is -0.486 e. The van der Waals surface area contributed by atoms with E-state index in [1.165, 1.54) is 4.90 Å². The summed E-state index contributed by atoms with van der Waals surface area (Å²) in [4.78, 5) is 3.40. The van der Waals surface area contributed by atoms with Crippen molar-refractivity contribution in [2.75, 3.05) is 66.1 Å². The molecule has 0 aliphatic rings. The molecule has 0 aliphatic carbocycles. The van der Waals surface area contributed by atoms with Crippen LogP contribution in [0.5, 0.6) is 11.5 Å². The molecule has 0 N–H and O–H groups in total. The van der Waals surface area contributed by atoms with Crippen molar-refractivity contribution in [1.29, 1.82) is 0 Å². The normalized spacial score (nSPS) is 11.6. The minimum absolute atomic E-state index is 0.432. The van der Waals surface area contributed by atoms with E-state index in [-0.39, 0.29) is 0 Å². The number of para-hydroxylation sites is 2. The van der Waals surface area contributed by atoms with E-state index in [9.17, 15) is 52.7 Å². The Morgan fingerprint density at radius 1 is 0.280 bits per heavy atom. The molecule has 0 fully saturated rings. The van der Waals surface area contributed by atoms with Gasteiger partial charge in [-0.1, -0.05) is 42.5 Å². The van der Waals surface area contributed by atoms with Crippen molar-refractivity contribution >= 4 is 38.9 Å².